The van der Waals surface area contributed by atoms with Crippen molar-refractivity contribution in [3.8, 4) is 11.3 Å². The van der Waals surface area contributed by atoms with Crippen molar-refractivity contribution in [3.63, 3.8) is 0 Å². The molecule has 2 heterocycles. The highest BCUT2D eigenvalue weighted by Crippen LogP contribution is 2.25. The van der Waals surface area contributed by atoms with Gasteiger partial charge in [0.15, 0.2) is 0 Å². The Morgan fingerprint density at radius 2 is 2.17 bits per heavy atom. The van der Waals surface area contributed by atoms with E-state index in [4.69, 9.17) is 0 Å². The standard InChI is InChI=1S/C17H20FN3O2/c1-11-3-2-8-21(16(11)10-22)17(23)15-9-14(19-20-15)12-4-6-13(18)7-5-12/h4-7,9,11,16,22H,2-3,8,10H2,1H3,(H,19,20). The lowest BCUT2D eigenvalue weighted by molar-refractivity contribution is 0.0353. The fourth-order valence-electron chi connectivity index (χ4n) is 3.13. The number of benzene rings is 1. The number of carbonyl (C=O) groups is 1. The van der Waals surface area contributed by atoms with Gasteiger partial charge in [-0.25, -0.2) is 4.39 Å². The Bertz CT molecular complexity index is 683. The molecule has 1 amide bonds. The Balaban J connectivity index is 1.82. The molecule has 6 heteroatoms. The van der Waals surface area contributed by atoms with E-state index >= 15 is 0 Å². The summed E-state index contributed by atoms with van der Waals surface area (Å²) in [5, 5.41) is 16.5. The first kappa shape index (κ1) is 15.7. The number of amides is 1. The lowest BCUT2D eigenvalue weighted by Gasteiger charge is -2.38. The third-order valence-corrected chi connectivity index (χ3v) is 4.51. The first-order chi connectivity index (χ1) is 11.1. The van der Waals surface area contributed by atoms with Crippen molar-refractivity contribution in [2.75, 3.05) is 13.2 Å². The summed E-state index contributed by atoms with van der Waals surface area (Å²) in [6.45, 7) is 2.66. The molecule has 0 saturated carbocycles. The van der Waals surface area contributed by atoms with Crippen molar-refractivity contribution in [2.45, 2.75) is 25.8 Å². The number of nitrogens with zero attached hydrogens (tertiary/aromatic N) is 2. The van der Waals surface area contributed by atoms with E-state index in [-0.39, 0.29) is 30.3 Å². The number of aliphatic hydroxyl groups is 1. The second-order valence-corrected chi connectivity index (χ2v) is 6.04. The van der Waals surface area contributed by atoms with Crippen molar-refractivity contribution in [1.29, 1.82) is 0 Å². The van der Waals surface area contributed by atoms with Gasteiger partial charge in [0.1, 0.15) is 11.5 Å². The highest BCUT2D eigenvalue weighted by molar-refractivity contribution is 5.93. The van der Waals surface area contributed by atoms with Crippen LogP contribution in [-0.4, -0.2) is 45.3 Å². The quantitative estimate of drug-likeness (QED) is 0.913. The maximum atomic E-state index is 13.0. The SMILES string of the molecule is CC1CCCN(C(=O)c2cc(-c3ccc(F)cc3)n[nH]2)C1CO. The van der Waals surface area contributed by atoms with Crippen LogP contribution in [-0.2, 0) is 0 Å². The summed E-state index contributed by atoms with van der Waals surface area (Å²) < 4.78 is 13.0. The molecule has 0 aliphatic carbocycles. The minimum absolute atomic E-state index is 0.0359. The lowest BCUT2D eigenvalue weighted by atomic mass is 9.91. The van der Waals surface area contributed by atoms with E-state index in [9.17, 15) is 14.3 Å². The molecule has 2 atom stereocenters. The van der Waals surface area contributed by atoms with E-state index in [1.165, 1.54) is 12.1 Å². The summed E-state index contributed by atoms with van der Waals surface area (Å²) in [5.74, 6) is -0.192. The van der Waals surface area contributed by atoms with Crippen LogP contribution in [0.3, 0.4) is 0 Å². The third kappa shape index (κ3) is 3.12. The van der Waals surface area contributed by atoms with Crippen LogP contribution >= 0.6 is 0 Å². The summed E-state index contributed by atoms with van der Waals surface area (Å²) in [4.78, 5) is 14.4. The molecular weight excluding hydrogens is 297 g/mol. The van der Waals surface area contributed by atoms with E-state index < -0.39 is 0 Å². The minimum Gasteiger partial charge on any atom is -0.394 e. The van der Waals surface area contributed by atoms with Crippen LogP contribution in [0, 0.1) is 11.7 Å². The fourth-order valence-corrected chi connectivity index (χ4v) is 3.13. The number of rotatable bonds is 3. The number of piperidine rings is 1. The number of aromatic nitrogens is 2. The van der Waals surface area contributed by atoms with Gasteiger partial charge in [0.05, 0.1) is 18.3 Å². The van der Waals surface area contributed by atoms with Gasteiger partial charge in [-0.2, -0.15) is 5.10 Å². The maximum Gasteiger partial charge on any atom is 0.272 e. The molecule has 0 spiro atoms. The molecule has 3 rings (SSSR count). The number of nitrogens with one attached hydrogen (secondary N) is 1. The highest BCUT2D eigenvalue weighted by atomic mass is 19.1. The average molecular weight is 317 g/mol. The molecule has 5 nitrogen and oxygen atoms in total. The molecular formula is C17H20FN3O2. The van der Waals surface area contributed by atoms with E-state index in [1.54, 1.807) is 23.1 Å². The Hall–Kier alpha value is -2.21. The van der Waals surface area contributed by atoms with Crippen molar-refractivity contribution >= 4 is 5.91 Å². The van der Waals surface area contributed by atoms with Crippen LogP contribution in [0.25, 0.3) is 11.3 Å². The van der Waals surface area contributed by atoms with Gasteiger partial charge in [-0.15, -0.1) is 0 Å². The Morgan fingerprint density at radius 1 is 1.43 bits per heavy atom. The Labute approximate surface area is 134 Å². The minimum atomic E-state index is -0.311. The third-order valence-electron chi connectivity index (χ3n) is 4.51. The van der Waals surface area contributed by atoms with E-state index in [2.05, 4.69) is 17.1 Å². The molecule has 2 N–H and O–H groups in total. The van der Waals surface area contributed by atoms with Gasteiger partial charge in [0.25, 0.3) is 5.91 Å². The topological polar surface area (TPSA) is 69.2 Å². The van der Waals surface area contributed by atoms with E-state index in [1.807, 2.05) is 0 Å². The zero-order valence-electron chi connectivity index (χ0n) is 13.0. The van der Waals surface area contributed by atoms with Gasteiger partial charge in [0.2, 0.25) is 0 Å². The van der Waals surface area contributed by atoms with E-state index in [0.717, 1.165) is 18.4 Å². The number of hydrogen-bond donors (Lipinski definition) is 2. The highest BCUT2D eigenvalue weighted by Gasteiger charge is 2.32. The molecule has 1 aromatic carbocycles. The molecule has 1 saturated heterocycles. The van der Waals surface area contributed by atoms with Crippen molar-refractivity contribution in [2.24, 2.45) is 5.92 Å². The van der Waals surface area contributed by atoms with Gasteiger partial charge in [0, 0.05) is 12.1 Å². The molecule has 23 heavy (non-hydrogen) atoms. The largest absolute Gasteiger partial charge is 0.394 e. The Morgan fingerprint density at radius 3 is 2.87 bits per heavy atom. The van der Waals surface area contributed by atoms with Gasteiger partial charge in [-0.1, -0.05) is 6.92 Å². The van der Waals surface area contributed by atoms with Crippen LogP contribution < -0.4 is 0 Å². The average Bonchev–Trinajstić information content (AvgIpc) is 3.04. The van der Waals surface area contributed by atoms with E-state index in [0.29, 0.717) is 17.9 Å². The number of carbonyl (C=O) groups excluding carboxylic acids is 1. The van der Waals surface area contributed by atoms with Gasteiger partial charge >= 0.3 is 0 Å². The summed E-state index contributed by atoms with van der Waals surface area (Å²) in [5.41, 5.74) is 1.73. The van der Waals surface area contributed by atoms with Crippen LogP contribution in [0.15, 0.2) is 30.3 Å². The first-order valence-electron chi connectivity index (χ1n) is 7.83. The van der Waals surface area contributed by atoms with Crippen LogP contribution in [0.2, 0.25) is 0 Å². The molecule has 1 aliphatic rings. The molecule has 1 fully saturated rings. The van der Waals surface area contributed by atoms with Gasteiger partial charge in [-0.05, 0) is 49.1 Å². The first-order valence-corrected chi connectivity index (χ1v) is 7.83. The number of H-pyrrole nitrogens is 1. The zero-order chi connectivity index (χ0) is 16.4. The van der Waals surface area contributed by atoms with Gasteiger partial charge in [-0.3, -0.25) is 9.89 Å². The molecule has 2 unspecified atom stereocenters. The maximum absolute atomic E-state index is 13.0. The van der Waals surface area contributed by atoms with Crippen LogP contribution in [0.1, 0.15) is 30.3 Å². The normalized spacial score (nSPS) is 21.4. The molecule has 1 aromatic heterocycles. The van der Waals surface area contributed by atoms with Crippen molar-refractivity contribution in [1.82, 2.24) is 15.1 Å². The smallest absolute Gasteiger partial charge is 0.272 e. The summed E-state index contributed by atoms with van der Waals surface area (Å²) in [6, 6.07) is 7.48. The van der Waals surface area contributed by atoms with Crippen LogP contribution in [0.4, 0.5) is 4.39 Å². The number of aliphatic hydroxyl groups excluding tert-OH is 1. The fraction of sp³-hybridized carbons (Fsp3) is 0.412. The number of aromatic amines is 1. The molecule has 1 aliphatic heterocycles. The number of hydrogen-bond acceptors (Lipinski definition) is 3. The Kier molecular flexibility index (Phi) is 4.43. The monoisotopic (exact) mass is 317 g/mol. The summed E-state index contributed by atoms with van der Waals surface area (Å²) >= 11 is 0. The van der Waals surface area contributed by atoms with Crippen molar-refractivity contribution in [3.05, 3.63) is 41.8 Å². The zero-order valence-corrected chi connectivity index (χ0v) is 13.0. The molecule has 2 aromatic rings. The second-order valence-electron chi connectivity index (χ2n) is 6.04. The molecule has 0 radical (unpaired) electrons. The lowest BCUT2D eigenvalue weighted by Crippen LogP contribution is -2.49. The number of likely N-dealkylation sites (tertiary alicyclic amines) is 1. The predicted octanol–water partition coefficient (Wildman–Crippen LogP) is 2.45. The second kappa shape index (κ2) is 6.50. The van der Waals surface area contributed by atoms with Crippen LogP contribution in [0.5, 0.6) is 0 Å². The number of halogens is 1. The van der Waals surface area contributed by atoms with Gasteiger partial charge < -0.3 is 10.0 Å². The predicted molar refractivity (Wildman–Crippen MR) is 84.3 cm³/mol. The molecule has 122 valence electrons. The summed E-state index contributed by atoms with van der Waals surface area (Å²) in [7, 11) is 0. The molecule has 0 bridgehead atoms. The van der Waals surface area contributed by atoms with Crippen molar-refractivity contribution < 1.29 is 14.3 Å². The summed E-state index contributed by atoms with van der Waals surface area (Å²) in [6.07, 6.45) is 1.95.